The minimum atomic E-state index is -0.166. The highest BCUT2D eigenvalue weighted by Gasteiger charge is 2.25. The van der Waals surface area contributed by atoms with Gasteiger partial charge in [0.05, 0.1) is 0 Å². The SMILES string of the molecule is CC1CCN(C(C)Cc2ccc(F)cc2)CC1N. The van der Waals surface area contributed by atoms with E-state index in [1.807, 2.05) is 12.1 Å². The highest BCUT2D eigenvalue weighted by molar-refractivity contribution is 5.17. The van der Waals surface area contributed by atoms with Crippen LogP contribution in [0.15, 0.2) is 24.3 Å². The molecular formula is C15H23FN2. The van der Waals surface area contributed by atoms with E-state index in [1.165, 1.54) is 24.1 Å². The number of benzene rings is 1. The Bertz CT molecular complexity index is 377. The topological polar surface area (TPSA) is 29.3 Å². The number of likely N-dealkylation sites (tertiary alicyclic amines) is 1. The molecule has 0 aliphatic carbocycles. The summed E-state index contributed by atoms with van der Waals surface area (Å²) in [5.74, 6) is 0.458. The Morgan fingerprint density at radius 2 is 2.06 bits per heavy atom. The van der Waals surface area contributed by atoms with Gasteiger partial charge in [0.25, 0.3) is 0 Å². The molecule has 0 bridgehead atoms. The van der Waals surface area contributed by atoms with Crippen molar-refractivity contribution in [1.82, 2.24) is 4.90 Å². The van der Waals surface area contributed by atoms with Crippen molar-refractivity contribution in [2.45, 2.75) is 38.8 Å². The highest BCUT2D eigenvalue weighted by atomic mass is 19.1. The zero-order valence-electron chi connectivity index (χ0n) is 11.3. The van der Waals surface area contributed by atoms with E-state index >= 15 is 0 Å². The molecular weight excluding hydrogens is 227 g/mol. The van der Waals surface area contributed by atoms with E-state index in [4.69, 9.17) is 5.73 Å². The summed E-state index contributed by atoms with van der Waals surface area (Å²) in [6.45, 7) is 6.56. The van der Waals surface area contributed by atoms with Gasteiger partial charge in [-0.15, -0.1) is 0 Å². The molecule has 1 aliphatic heterocycles. The Kier molecular flexibility index (Phi) is 4.36. The fourth-order valence-electron chi connectivity index (χ4n) is 2.62. The van der Waals surface area contributed by atoms with Crippen LogP contribution in [0.1, 0.15) is 25.8 Å². The van der Waals surface area contributed by atoms with Crippen molar-refractivity contribution in [3.05, 3.63) is 35.6 Å². The number of rotatable bonds is 3. The molecule has 3 atom stereocenters. The van der Waals surface area contributed by atoms with Gasteiger partial charge in [-0.05, 0) is 49.9 Å². The third-order valence-corrected chi connectivity index (χ3v) is 4.12. The zero-order chi connectivity index (χ0) is 13.1. The summed E-state index contributed by atoms with van der Waals surface area (Å²) in [6, 6.07) is 7.57. The third-order valence-electron chi connectivity index (χ3n) is 4.12. The van der Waals surface area contributed by atoms with Gasteiger partial charge in [0.15, 0.2) is 0 Å². The molecule has 1 fully saturated rings. The predicted molar refractivity (Wildman–Crippen MR) is 72.9 cm³/mol. The molecule has 0 aromatic heterocycles. The van der Waals surface area contributed by atoms with Crippen LogP contribution < -0.4 is 5.73 Å². The lowest BCUT2D eigenvalue weighted by Gasteiger charge is -2.38. The lowest BCUT2D eigenvalue weighted by molar-refractivity contribution is 0.128. The Morgan fingerprint density at radius 3 is 2.67 bits per heavy atom. The molecule has 1 saturated heterocycles. The minimum absolute atomic E-state index is 0.166. The largest absolute Gasteiger partial charge is 0.326 e. The minimum Gasteiger partial charge on any atom is -0.326 e. The first kappa shape index (κ1) is 13.5. The van der Waals surface area contributed by atoms with Gasteiger partial charge in [0.1, 0.15) is 5.82 Å². The van der Waals surface area contributed by atoms with Gasteiger partial charge in [-0.3, -0.25) is 4.90 Å². The summed E-state index contributed by atoms with van der Waals surface area (Å²) in [5, 5.41) is 0. The van der Waals surface area contributed by atoms with Crippen LogP contribution in [0, 0.1) is 11.7 Å². The van der Waals surface area contributed by atoms with Crippen molar-refractivity contribution >= 4 is 0 Å². The van der Waals surface area contributed by atoms with Crippen LogP contribution >= 0.6 is 0 Å². The van der Waals surface area contributed by atoms with Crippen molar-refractivity contribution < 1.29 is 4.39 Å². The molecule has 0 saturated carbocycles. The van der Waals surface area contributed by atoms with Crippen LogP contribution in [0.3, 0.4) is 0 Å². The maximum absolute atomic E-state index is 12.8. The monoisotopic (exact) mass is 250 g/mol. The molecule has 1 aliphatic rings. The molecule has 18 heavy (non-hydrogen) atoms. The second-order valence-electron chi connectivity index (χ2n) is 5.60. The zero-order valence-corrected chi connectivity index (χ0v) is 11.3. The second-order valence-corrected chi connectivity index (χ2v) is 5.60. The van der Waals surface area contributed by atoms with Crippen LogP contribution in [-0.4, -0.2) is 30.1 Å². The van der Waals surface area contributed by atoms with Crippen molar-refractivity contribution in [3.8, 4) is 0 Å². The molecule has 0 amide bonds. The molecule has 3 unspecified atom stereocenters. The average molecular weight is 250 g/mol. The summed E-state index contributed by atoms with van der Waals surface area (Å²) < 4.78 is 12.8. The van der Waals surface area contributed by atoms with Crippen LogP contribution in [0.5, 0.6) is 0 Å². The normalized spacial score (nSPS) is 27.1. The second kappa shape index (κ2) is 5.81. The Labute approximate surface area is 109 Å². The number of nitrogens with two attached hydrogens (primary N) is 1. The summed E-state index contributed by atoms with van der Waals surface area (Å²) in [7, 11) is 0. The molecule has 0 spiro atoms. The molecule has 1 aromatic carbocycles. The standard InChI is InChI=1S/C15H23FN2/c1-11-7-8-18(10-15(11)17)12(2)9-13-3-5-14(16)6-4-13/h3-6,11-12,15H,7-10,17H2,1-2H3. The molecule has 2 nitrogen and oxygen atoms in total. The number of nitrogens with zero attached hydrogens (tertiary/aromatic N) is 1. The number of halogens is 1. The third kappa shape index (κ3) is 3.30. The lowest BCUT2D eigenvalue weighted by Crippen LogP contribution is -2.51. The Balaban J connectivity index is 1.91. The van der Waals surface area contributed by atoms with Gasteiger partial charge >= 0.3 is 0 Å². The lowest BCUT2D eigenvalue weighted by atomic mass is 9.92. The van der Waals surface area contributed by atoms with Crippen molar-refractivity contribution in [2.24, 2.45) is 11.7 Å². The van der Waals surface area contributed by atoms with Gasteiger partial charge < -0.3 is 5.73 Å². The van der Waals surface area contributed by atoms with Crippen LogP contribution in [0.2, 0.25) is 0 Å². The predicted octanol–water partition coefficient (Wildman–Crippen LogP) is 2.43. The number of hydrogen-bond acceptors (Lipinski definition) is 2. The van der Waals surface area contributed by atoms with Gasteiger partial charge in [-0.1, -0.05) is 19.1 Å². The maximum Gasteiger partial charge on any atom is 0.123 e. The van der Waals surface area contributed by atoms with E-state index < -0.39 is 0 Å². The van der Waals surface area contributed by atoms with Crippen molar-refractivity contribution in [2.75, 3.05) is 13.1 Å². The smallest absolute Gasteiger partial charge is 0.123 e. The highest BCUT2D eigenvalue weighted by Crippen LogP contribution is 2.19. The molecule has 1 heterocycles. The van der Waals surface area contributed by atoms with Gasteiger partial charge in [0.2, 0.25) is 0 Å². The Hall–Kier alpha value is -0.930. The van der Waals surface area contributed by atoms with Crippen LogP contribution in [0.4, 0.5) is 4.39 Å². The summed E-state index contributed by atoms with van der Waals surface area (Å²) in [5.41, 5.74) is 7.32. The van der Waals surface area contributed by atoms with Crippen molar-refractivity contribution in [1.29, 1.82) is 0 Å². The van der Waals surface area contributed by atoms with E-state index in [1.54, 1.807) is 0 Å². The van der Waals surface area contributed by atoms with Gasteiger partial charge in [-0.2, -0.15) is 0 Å². The number of piperidine rings is 1. The first-order chi connectivity index (χ1) is 8.56. The average Bonchev–Trinajstić information content (AvgIpc) is 2.35. The quantitative estimate of drug-likeness (QED) is 0.892. The fraction of sp³-hybridized carbons (Fsp3) is 0.600. The van der Waals surface area contributed by atoms with E-state index in [0.717, 1.165) is 19.5 Å². The van der Waals surface area contributed by atoms with Crippen molar-refractivity contribution in [3.63, 3.8) is 0 Å². The summed E-state index contributed by atoms with van der Waals surface area (Å²) in [6.07, 6.45) is 2.14. The Morgan fingerprint density at radius 1 is 1.39 bits per heavy atom. The first-order valence-electron chi connectivity index (χ1n) is 6.80. The fourth-order valence-corrected chi connectivity index (χ4v) is 2.62. The van der Waals surface area contributed by atoms with Gasteiger partial charge in [0, 0.05) is 18.6 Å². The van der Waals surface area contributed by atoms with E-state index in [-0.39, 0.29) is 11.9 Å². The molecule has 0 radical (unpaired) electrons. The molecule has 100 valence electrons. The van der Waals surface area contributed by atoms with E-state index in [9.17, 15) is 4.39 Å². The summed E-state index contributed by atoms with van der Waals surface area (Å²) >= 11 is 0. The molecule has 3 heteroatoms. The van der Waals surface area contributed by atoms with Crippen LogP contribution in [-0.2, 0) is 6.42 Å². The van der Waals surface area contributed by atoms with Gasteiger partial charge in [-0.25, -0.2) is 4.39 Å². The van der Waals surface area contributed by atoms with E-state index in [0.29, 0.717) is 12.0 Å². The molecule has 2 N–H and O–H groups in total. The first-order valence-corrected chi connectivity index (χ1v) is 6.80. The summed E-state index contributed by atoms with van der Waals surface area (Å²) in [4.78, 5) is 2.45. The molecule has 2 rings (SSSR count). The maximum atomic E-state index is 12.8. The number of hydrogen-bond donors (Lipinski definition) is 1. The van der Waals surface area contributed by atoms with E-state index in [2.05, 4.69) is 18.7 Å². The molecule has 1 aromatic rings. The van der Waals surface area contributed by atoms with Crippen LogP contribution in [0.25, 0.3) is 0 Å².